The summed E-state index contributed by atoms with van der Waals surface area (Å²) in [5, 5.41) is 4.78. The molecule has 6 heteroatoms. The van der Waals surface area contributed by atoms with Crippen molar-refractivity contribution >= 4 is 28.6 Å². The minimum absolute atomic E-state index is 0.130. The number of thiophene rings is 1. The first kappa shape index (κ1) is 17.4. The van der Waals surface area contributed by atoms with Gasteiger partial charge in [-0.15, -0.1) is 11.3 Å². The third kappa shape index (κ3) is 4.55. The van der Waals surface area contributed by atoms with Gasteiger partial charge in [0.25, 0.3) is 5.91 Å². The van der Waals surface area contributed by atoms with E-state index in [9.17, 15) is 9.18 Å². The molecule has 1 amide bonds. The van der Waals surface area contributed by atoms with Crippen molar-refractivity contribution in [3.05, 3.63) is 70.2 Å². The van der Waals surface area contributed by atoms with Gasteiger partial charge < -0.3 is 10.7 Å². The summed E-state index contributed by atoms with van der Waals surface area (Å²) in [6, 6.07) is 9.21. The zero-order valence-electron chi connectivity index (χ0n) is 13.7. The molecule has 0 saturated heterocycles. The molecule has 0 radical (unpaired) electrons. The monoisotopic (exact) mass is 357 g/mol. The Morgan fingerprint density at radius 2 is 2.24 bits per heavy atom. The Morgan fingerprint density at radius 1 is 1.36 bits per heavy atom. The van der Waals surface area contributed by atoms with Crippen LogP contribution in [0, 0.1) is 5.92 Å². The van der Waals surface area contributed by atoms with Gasteiger partial charge in [0.1, 0.15) is 5.83 Å². The molecule has 1 aliphatic rings. The van der Waals surface area contributed by atoms with Crippen molar-refractivity contribution in [1.29, 1.82) is 0 Å². The number of amides is 1. The maximum Gasteiger partial charge on any atom is 0.265 e. The maximum absolute atomic E-state index is 13.3. The quantitative estimate of drug-likeness (QED) is 0.539. The first-order valence-corrected chi connectivity index (χ1v) is 9.02. The van der Waals surface area contributed by atoms with E-state index in [-0.39, 0.29) is 17.7 Å². The van der Waals surface area contributed by atoms with Crippen LogP contribution in [0.4, 0.5) is 15.8 Å². The van der Waals surface area contributed by atoms with Crippen molar-refractivity contribution in [1.82, 2.24) is 0 Å². The van der Waals surface area contributed by atoms with Crippen LogP contribution in [0.5, 0.6) is 0 Å². The fraction of sp³-hybridized carbons (Fsp3) is 0.211. The topological polar surface area (TPSA) is 67.2 Å². The number of hydrogen-bond donors (Lipinski definition) is 3. The number of hydrazine groups is 1. The van der Waals surface area contributed by atoms with E-state index in [0.717, 1.165) is 24.1 Å². The molecule has 0 saturated carbocycles. The van der Waals surface area contributed by atoms with Gasteiger partial charge in [-0.05, 0) is 72.5 Å². The van der Waals surface area contributed by atoms with Crippen molar-refractivity contribution in [2.45, 2.75) is 19.3 Å². The summed E-state index contributed by atoms with van der Waals surface area (Å²) in [6.07, 6.45) is 7.34. The van der Waals surface area contributed by atoms with Gasteiger partial charge in [0, 0.05) is 5.69 Å². The second kappa shape index (κ2) is 8.09. The molecule has 130 valence electrons. The molecule has 3 rings (SSSR count). The number of rotatable bonds is 5. The van der Waals surface area contributed by atoms with Crippen molar-refractivity contribution in [3.8, 4) is 0 Å². The van der Waals surface area contributed by atoms with E-state index >= 15 is 0 Å². The smallest absolute Gasteiger partial charge is 0.265 e. The lowest BCUT2D eigenvalue weighted by atomic mass is 9.94. The molecule has 1 unspecified atom stereocenters. The van der Waals surface area contributed by atoms with Crippen LogP contribution in [0.15, 0.2) is 59.8 Å². The fourth-order valence-electron chi connectivity index (χ4n) is 2.86. The summed E-state index contributed by atoms with van der Waals surface area (Å²) in [4.78, 5) is 12.9. The lowest BCUT2D eigenvalue weighted by Gasteiger charge is -2.16. The summed E-state index contributed by atoms with van der Waals surface area (Å²) in [6.45, 7) is 0. The first-order valence-electron chi connectivity index (χ1n) is 8.14. The number of allylic oxidation sites excluding steroid dienone is 4. The number of benzene rings is 1. The van der Waals surface area contributed by atoms with E-state index < -0.39 is 0 Å². The lowest BCUT2D eigenvalue weighted by Crippen LogP contribution is -2.14. The third-order valence-corrected chi connectivity index (χ3v) is 5.02. The Bertz CT molecular complexity index is 799. The van der Waals surface area contributed by atoms with Crippen LogP contribution in [0.1, 0.15) is 28.1 Å². The predicted octanol–water partition coefficient (Wildman–Crippen LogP) is 4.65. The van der Waals surface area contributed by atoms with Crippen molar-refractivity contribution in [2.24, 2.45) is 11.8 Å². The number of carbonyl (C=O) groups is 1. The second-order valence-electron chi connectivity index (χ2n) is 5.94. The Kier molecular flexibility index (Phi) is 5.63. The highest BCUT2D eigenvalue weighted by Gasteiger charge is 2.13. The SMILES string of the molecule is NNc1ccc(NC(=O)c2cccs2)cc1CC1C=CC(F)=CCC1. The summed E-state index contributed by atoms with van der Waals surface area (Å²) in [7, 11) is 0. The van der Waals surface area contributed by atoms with Crippen molar-refractivity contribution < 1.29 is 9.18 Å². The van der Waals surface area contributed by atoms with Gasteiger partial charge in [-0.3, -0.25) is 10.6 Å². The van der Waals surface area contributed by atoms with Gasteiger partial charge in [-0.25, -0.2) is 4.39 Å². The average Bonchev–Trinajstić information content (AvgIpc) is 3.07. The first-order chi connectivity index (χ1) is 12.2. The molecule has 4 N–H and O–H groups in total. The van der Waals surface area contributed by atoms with Crippen molar-refractivity contribution in [2.75, 3.05) is 10.7 Å². The minimum atomic E-state index is -0.184. The lowest BCUT2D eigenvalue weighted by molar-refractivity contribution is 0.103. The summed E-state index contributed by atoms with van der Waals surface area (Å²) in [5.41, 5.74) is 5.21. The molecule has 25 heavy (non-hydrogen) atoms. The molecule has 0 spiro atoms. The Balaban J connectivity index is 1.76. The summed E-state index contributed by atoms with van der Waals surface area (Å²) < 4.78 is 13.3. The van der Waals surface area contributed by atoms with Crippen LogP contribution in [0.25, 0.3) is 0 Å². The molecule has 0 fully saturated rings. The van der Waals surface area contributed by atoms with E-state index in [1.165, 1.54) is 17.4 Å². The predicted molar refractivity (Wildman–Crippen MR) is 101 cm³/mol. The van der Waals surface area contributed by atoms with E-state index in [1.54, 1.807) is 12.1 Å². The normalized spacial score (nSPS) is 16.9. The molecule has 1 aromatic carbocycles. The van der Waals surface area contributed by atoms with Crippen LogP contribution >= 0.6 is 11.3 Å². The number of nitrogens with two attached hydrogens (primary N) is 1. The third-order valence-electron chi connectivity index (χ3n) is 4.15. The molecule has 2 aromatic rings. The van der Waals surface area contributed by atoms with Gasteiger partial charge in [0.15, 0.2) is 0 Å². The van der Waals surface area contributed by atoms with Gasteiger partial charge in [0.2, 0.25) is 0 Å². The van der Waals surface area contributed by atoms with E-state index in [4.69, 9.17) is 5.84 Å². The number of hydrogen-bond acceptors (Lipinski definition) is 4. The van der Waals surface area contributed by atoms with E-state index in [1.807, 2.05) is 35.7 Å². The molecular formula is C19H20FN3OS. The standard InChI is InChI=1S/C19H20FN3OS/c20-15-4-1-3-13(6-7-15)11-14-12-16(8-9-17(14)23-21)22-19(24)18-5-2-10-25-18/h2,4-10,12-13,23H,1,3,11,21H2,(H,22,24). The van der Waals surface area contributed by atoms with Gasteiger partial charge in [-0.1, -0.05) is 12.1 Å². The zero-order valence-corrected chi connectivity index (χ0v) is 14.5. The fourth-order valence-corrected chi connectivity index (χ4v) is 3.48. The number of carbonyl (C=O) groups excluding carboxylic acids is 1. The molecule has 4 nitrogen and oxygen atoms in total. The average molecular weight is 357 g/mol. The number of halogens is 1. The summed E-state index contributed by atoms with van der Waals surface area (Å²) >= 11 is 1.40. The number of anilines is 2. The highest BCUT2D eigenvalue weighted by Crippen LogP contribution is 2.27. The molecule has 0 aliphatic heterocycles. The van der Waals surface area contributed by atoms with Crippen LogP contribution in [0.3, 0.4) is 0 Å². The van der Waals surface area contributed by atoms with Crippen LogP contribution in [0.2, 0.25) is 0 Å². The summed E-state index contributed by atoms with van der Waals surface area (Å²) in [5.74, 6) is 5.52. The molecule has 1 aliphatic carbocycles. The molecular weight excluding hydrogens is 337 g/mol. The Labute approximate surface area is 150 Å². The molecule has 1 atom stereocenters. The van der Waals surface area contributed by atoms with Crippen LogP contribution < -0.4 is 16.6 Å². The largest absolute Gasteiger partial charge is 0.324 e. The zero-order chi connectivity index (χ0) is 17.6. The van der Waals surface area contributed by atoms with E-state index in [2.05, 4.69) is 10.7 Å². The highest BCUT2D eigenvalue weighted by molar-refractivity contribution is 7.12. The van der Waals surface area contributed by atoms with Gasteiger partial charge >= 0.3 is 0 Å². The number of nitrogen functional groups attached to an aromatic ring is 1. The van der Waals surface area contributed by atoms with Gasteiger partial charge in [-0.2, -0.15) is 0 Å². The Hall–Kier alpha value is -2.44. The maximum atomic E-state index is 13.3. The molecule has 0 bridgehead atoms. The Morgan fingerprint density at radius 3 is 3.00 bits per heavy atom. The highest BCUT2D eigenvalue weighted by atomic mass is 32.1. The molecule has 1 heterocycles. The number of nitrogens with one attached hydrogen (secondary N) is 2. The van der Waals surface area contributed by atoms with Crippen molar-refractivity contribution in [3.63, 3.8) is 0 Å². The second-order valence-corrected chi connectivity index (χ2v) is 6.89. The van der Waals surface area contributed by atoms with Crippen LogP contribution in [-0.2, 0) is 6.42 Å². The minimum Gasteiger partial charge on any atom is -0.324 e. The van der Waals surface area contributed by atoms with E-state index in [0.29, 0.717) is 17.0 Å². The molecule has 1 aromatic heterocycles. The van der Waals surface area contributed by atoms with Gasteiger partial charge in [0.05, 0.1) is 10.6 Å². The van der Waals surface area contributed by atoms with Crippen LogP contribution in [-0.4, -0.2) is 5.91 Å².